The molecule has 0 unspecified atom stereocenters. The predicted molar refractivity (Wildman–Crippen MR) is 145 cm³/mol. The van der Waals surface area contributed by atoms with Crippen LogP contribution in [0, 0.1) is 0 Å². The highest BCUT2D eigenvalue weighted by Gasteiger charge is 2.30. The molecule has 0 aromatic heterocycles. The van der Waals surface area contributed by atoms with Gasteiger partial charge in [0.05, 0.1) is 0 Å². The molecular formula is C27H47N3O10. The van der Waals surface area contributed by atoms with Gasteiger partial charge in [-0.15, -0.1) is 0 Å². The Kier molecular flexibility index (Phi) is 14.3. The Bertz CT molecular complexity index is 913. The van der Waals surface area contributed by atoms with Gasteiger partial charge in [-0.3, -0.25) is 19.2 Å². The standard InChI is InChI=1S/C27H47N3O10/c1-25(2,3)38-22(35)16(28)10-13-19(31)29-17(23(36)39-26(4,5)6)11-14-20(32)30-18(12-15-21(33)34)24(37)40-27(7,8)9/h16-18H,10-15,28H2,1-9H3,(H,29,31)(H,30,32)(H,33,34)/t16-,17-,18-/m1/s1. The van der Waals surface area contributed by atoms with Crippen LogP contribution in [0.5, 0.6) is 0 Å². The van der Waals surface area contributed by atoms with E-state index in [1.54, 1.807) is 62.3 Å². The van der Waals surface area contributed by atoms with Crippen LogP contribution in [0.2, 0.25) is 0 Å². The number of hydrogen-bond donors (Lipinski definition) is 4. The molecular weight excluding hydrogens is 526 g/mol. The molecule has 3 atom stereocenters. The molecule has 0 saturated heterocycles. The number of carbonyl (C=O) groups excluding carboxylic acids is 5. The van der Waals surface area contributed by atoms with Crippen molar-refractivity contribution in [2.24, 2.45) is 5.73 Å². The Balaban J connectivity index is 5.34. The molecule has 13 nitrogen and oxygen atoms in total. The molecule has 2 amide bonds. The zero-order chi connectivity index (χ0) is 31.5. The Morgan fingerprint density at radius 2 is 0.925 bits per heavy atom. The molecule has 13 heteroatoms. The summed E-state index contributed by atoms with van der Waals surface area (Å²) in [7, 11) is 0. The van der Waals surface area contributed by atoms with Crippen molar-refractivity contribution in [3.05, 3.63) is 0 Å². The highest BCUT2D eigenvalue weighted by Crippen LogP contribution is 2.14. The molecule has 0 bridgehead atoms. The van der Waals surface area contributed by atoms with E-state index in [1.807, 2.05) is 0 Å². The third-order valence-electron chi connectivity index (χ3n) is 4.75. The molecule has 0 aromatic carbocycles. The lowest BCUT2D eigenvalue weighted by Crippen LogP contribution is -2.47. The van der Waals surface area contributed by atoms with Gasteiger partial charge < -0.3 is 35.7 Å². The van der Waals surface area contributed by atoms with Gasteiger partial charge in [0.2, 0.25) is 11.8 Å². The Hall–Kier alpha value is -3.22. The smallest absolute Gasteiger partial charge is 0.329 e. The molecule has 0 radical (unpaired) electrons. The zero-order valence-corrected chi connectivity index (χ0v) is 25.2. The maximum absolute atomic E-state index is 12.8. The monoisotopic (exact) mass is 573 g/mol. The van der Waals surface area contributed by atoms with Gasteiger partial charge in [-0.1, -0.05) is 0 Å². The minimum atomic E-state index is -1.22. The van der Waals surface area contributed by atoms with Crippen LogP contribution in [0.25, 0.3) is 0 Å². The molecule has 5 N–H and O–H groups in total. The van der Waals surface area contributed by atoms with Crippen molar-refractivity contribution in [3.8, 4) is 0 Å². The lowest BCUT2D eigenvalue weighted by molar-refractivity contribution is -0.160. The van der Waals surface area contributed by atoms with Crippen molar-refractivity contribution in [1.82, 2.24) is 10.6 Å². The quantitative estimate of drug-likeness (QED) is 0.174. The van der Waals surface area contributed by atoms with E-state index >= 15 is 0 Å². The van der Waals surface area contributed by atoms with Crippen LogP contribution < -0.4 is 16.4 Å². The summed E-state index contributed by atoms with van der Waals surface area (Å²) in [5.74, 6) is -4.63. The van der Waals surface area contributed by atoms with Gasteiger partial charge in [0.25, 0.3) is 0 Å². The van der Waals surface area contributed by atoms with Crippen molar-refractivity contribution >= 4 is 35.7 Å². The Labute approximate surface area is 236 Å². The van der Waals surface area contributed by atoms with Gasteiger partial charge in [0, 0.05) is 19.3 Å². The average Bonchev–Trinajstić information content (AvgIpc) is 2.73. The van der Waals surface area contributed by atoms with E-state index < -0.39 is 70.6 Å². The maximum Gasteiger partial charge on any atom is 0.329 e. The molecule has 0 spiro atoms. The fourth-order valence-corrected chi connectivity index (χ4v) is 3.10. The van der Waals surface area contributed by atoms with Crippen LogP contribution in [0.1, 0.15) is 101 Å². The number of ether oxygens (including phenoxy) is 3. The van der Waals surface area contributed by atoms with E-state index in [0.29, 0.717) is 0 Å². The SMILES string of the molecule is CC(C)(C)OC(=O)[C@H](N)CCC(=O)N[C@H](CCC(=O)N[C@H](CCC(=O)O)C(=O)OC(C)(C)C)C(=O)OC(C)(C)C. The summed E-state index contributed by atoms with van der Waals surface area (Å²) in [4.78, 5) is 73.6. The molecule has 0 aliphatic rings. The topological polar surface area (TPSA) is 200 Å². The first kappa shape index (κ1) is 36.8. The van der Waals surface area contributed by atoms with E-state index in [0.717, 1.165) is 0 Å². The van der Waals surface area contributed by atoms with Gasteiger partial charge in [0.1, 0.15) is 34.9 Å². The Morgan fingerprint density at radius 3 is 1.27 bits per heavy atom. The number of hydrogen-bond acceptors (Lipinski definition) is 10. The third kappa shape index (κ3) is 18.1. The van der Waals surface area contributed by atoms with Crippen molar-refractivity contribution in [1.29, 1.82) is 0 Å². The number of esters is 3. The second-order valence-electron chi connectivity index (χ2n) is 12.5. The van der Waals surface area contributed by atoms with Gasteiger partial charge in [-0.2, -0.15) is 0 Å². The van der Waals surface area contributed by atoms with Gasteiger partial charge in [0.15, 0.2) is 0 Å². The number of carbonyl (C=O) groups is 6. The van der Waals surface area contributed by atoms with Crippen LogP contribution >= 0.6 is 0 Å². The van der Waals surface area contributed by atoms with E-state index in [1.165, 1.54) is 0 Å². The van der Waals surface area contributed by atoms with Crippen LogP contribution in [0.3, 0.4) is 0 Å². The van der Waals surface area contributed by atoms with Gasteiger partial charge in [-0.05, 0) is 81.6 Å². The third-order valence-corrected chi connectivity index (χ3v) is 4.75. The van der Waals surface area contributed by atoms with Crippen molar-refractivity contribution < 1.29 is 48.1 Å². The van der Waals surface area contributed by atoms with Gasteiger partial charge in [-0.25, -0.2) is 9.59 Å². The summed E-state index contributed by atoms with van der Waals surface area (Å²) >= 11 is 0. The molecule has 0 aliphatic heterocycles. The highest BCUT2D eigenvalue weighted by molar-refractivity contribution is 5.87. The molecule has 0 rings (SSSR count). The maximum atomic E-state index is 12.8. The second kappa shape index (κ2) is 15.5. The zero-order valence-electron chi connectivity index (χ0n) is 25.2. The van der Waals surface area contributed by atoms with E-state index in [-0.39, 0.29) is 38.5 Å². The molecule has 40 heavy (non-hydrogen) atoms. The fourth-order valence-electron chi connectivity index (χ4n) is 3.10. The molecule has 0 aliphatic carbocycles. The number of rotatable bonds is 14. The number of nitrogens with two attached hydrogens (primary N) is 1. The minimum Gasteiger partial charge on any atom is -0.481 e. The highest BCUT2D eigenvalue weighted by atomic mass is 16.6. The minimum absolute atomic E-state index is 0.0383. The fraction of sp³-hybridized carbons (Fsp3) is 0.778. The number of carboxylic acid groups (broad SMARTS) is 1. The van der Waals surface area contributed by atoms with Crippen LogP contribution in [-0.2, 0) is 43.0 Å². The van der Waals surface area contributed by atoms with E-state index in [4.69, 9.17) is 25.1 Å². The second-order valence-corrected chi connectivity index (χ2v) is 12.5. The molecule has 0 fully saturated rings. The summed E-state index contributed by atoms with van der Waals surface area (Å²) < 4.78 is 15.8. The lowest BCUT2D eigenvalue weighted by atomic mass is 10.1. The van der Waals surface area contributed by atoms with Gasteiger partial charge >= 0.3 is 23.9 Å². The largest absolute Gasteiger partial charge is 0.481 e. The molecule has 0 heterocycles. The number of aliphatic carboxylic acids is 1. The van der Waals surface area contributed by atoms with Crippen LogP contribution in [0.4, 0.5) is 0 Å². The summed E-state index contributed by atoms with van der Waals surface area (Å²) in [6.07, 6.45) is -1.28. The average molecular weight is 574 g/mol. The number of carboxylic acids is 1. The normalized spacial score (nSPS) is 14.2. The molecule has 230 valence electrons. The first-order chi connectivity index (χ1) is 18.0. The first-order valence-corrected chi connectivity index (χ1v) is 13.2. The number of nitrogens with one attached hydrogen (secondary N) is 2. The van der Waals surface area contributed by atoms with Crippen LogP contribution in [0.15, 0.2) is 0 Å². The summed E-state index contributed by atoms with van der Waals surface area (Å²) in [5, 5.41) is 14.0. The Morgan fingerprint density at radius 1 is 0.600 bits per heavy atom. The number of amides is 2. The van der Waals surface area contributed by atoms with Crippen molar-refractivity contribution in [2.45, 2.75) is 136 Å². The lowest BCUT2D eigenvalue weighted by Gasteiger charge is -2.26. The summed E-state index contributed by atoms with van der Waals surface area (Å²) in [6.45, 7) is 14.9. The van der Waals surface area contributed by atoms with E-state index in [9.17, 15) is 28.8 Å². The first-order valence-electron chi connectivity index (χ1n) is 13.2. The predicted octanol–water partition coefficient (Wildman–Crippen LogP) is 1.73. The summed E-state index contributed by atoms with van der Waals surface area (Å²) in [6, 6.07) is -3.48. The van der Waals surface area contributed by atoms with Crippen molar-refractivity contribution in [3.63, 3.8) is 0 Å². The molecule has 0 saturated carbocycles. The van der Waals surface area contributed by atoms with E-state index in [2.05, 4.69) is 10.6 Å². The molecule has 0 aromatic rings. The van der Waals surface area contributed by atoms with Crippen molar-refractivity contribution in [2.75, 3.05) is 0 Å². The summed E-state index contributed by atoms with van der Waals surface area (Å²) in [5.41, 5.74) is 3.35. The van der Waals surface area contributed by atoms with Crippen LogP contribution in [-0.4, -0.2) is 75.7 Å².